The Hall–Kier alpha value is -1.86. The summed E-state index contributed by atoms with van der Waals surface area (Å²) in [6.07, 6.45) is 5.62. The highest BCUT2D eigenvalue weighted by Gasteiger charge is 2.21. The zero-order valence-corrected chi connectivity index (χ0v) is 19.0. The van der Waals surface area contributed by atoms with E-state index in [4.69, 9.17) is 9.15 Å². The summed E-state index contributed by atoms with van der Waals surface area (Å²) in [7, 11) is 0. The summed E-state index contributed by atoms with van der Waals surface area (Å²) in [4.78, 5) is 29.5. The first kappa shape index (κ1) is 24.4. The summed E-state index contributed by atoms with van der Waals surface area (Å²) >= 11 is 0. The second-order valence-corrected chi connectivity index (χ2v) is 8.09. The number of hydrogen-bond donors (Lipinski definition) is 1. The quantitative estimate of drug-likeness (QED) is 0.495. The highest BCUT2D eigenvalue weighted by molar-refractivity contribution is 5.95. The van der Waals surface area contributed by atoms with Crippen LogP contribution in [0.25, 0.3) is 0 Å². The molecule has 1 aromatic heterocycles. The van der Waals surface area contributed by atoms with Gasteiger partial charge >= 0.3 is 0 Å². The Morgan fingerprint density at radius 2 is 1.87 bits per heavy atom. The molecule has 1 N–H and O–H groups in total. The molecule has 30 heavy (non-hydrogen) atoms. The Balaban J connectivity index is 1.76. The molecule has 7 nitrogen and oxygen atoms in total. The first-order chi connectivity index (χ1) is 14.5. The molecule has 1 saturated heterocycles. The molecule has 7 heteroatoms. The first-order valence-electron chi connectivity index (χ1n) is 11.4. The van der Waals surface area contributed by atoms with E-state index in [1.54, 1.807) is 11.0 Å². The second-order valence-electron chi connectivity index (χ2n) is 8.09. The summed E-state index contributed by atoms with van der Waals surface area (Å²) in [5, 5.41) is 2.99. The van der Waals surface area contributed by atoms with Crippen LogP contribution in [0, 0.1) is 13.8 Å². The minimum atomic E-state index is -0.0408. The maximum atomic E-state index is 13.0. The predicted octanol–water partition coefficient (Wildman–Crippen LogP) is 3.15. The van der Waals surface area contributed by atoms with Crippen LogP contribution in [0.2, 0.25) is 0 Å². The van der Waals surface area contributed by atoms with Gasteiger partial charge in [0.2, 0.25) is 5.91 Å². The molecule has 170 valence electrons. The molecule has 0 spiro atoms. The van der Waals surface area contributed by atoms with Crippen LogP contribution in [0.3, 0.4) is 0 Å². The van der Waals surface area contributed by atoms with Crippen LogP contribution in [0.1, 0.15) is 67.3 Å². The molecular formula is C23H39N3O4. The summed E-state index contributed by atoms with van der Waals surface area (Å²) in [6.45, 7) is 12.1. The normalized spacial score (nSPS) is 14.6. The van der Waals surface area contributed by atoms with Gasteiger partial charge in [-0.1, -0.05) is 26.2 Å². The Labute approximate surface area is 181 Å². The van der Waals surface area contributed by atoms with Crippen molar-refractivity contribution in [2.75, 3.05) is 52.5 Å². The predicted molar refractivity (Wildman–Crippen MR) is 118 cm³/mol. The summed E-state index contributed by atoms with van der Waals surface area (Å²) in [5.41, 5.74) is 0.605. The van der Waals surface area contributed by atoms with Gasteiger partial charge in [-0.2, -0.15) is 0 Å². The number of furan rings is 1. The topological polar surface area (TPSA) is 75.0 Å². The maximum Gasteiger partial charge on any atom is 0.257 e. The molecule has 1 aliphatic rings. The van der Waals surface area contributed by atoms with Gasteiger partial charge < -0.3 is 19.4 Å². The lowest BCUT2D eigenvalue weighted by Gasteiger charge is -2.26. The average molecular weight is 422 g/mol. The number of ether oxygens (including phenoxy) is 1. The molecule has 2 rings (SSSR count). The first-order valence-corrected chi connectivity index (χ1v) is 11.4. The van der Waals surface area contributed by atoms with E-state index in [0.717, 1.165) is 70.7 Å². The molecule has 0 aliphatic carbocycles. The van der Waals surface area contributed by atoms with Crippen LogP contribution in [0.15, 0.2) is 10.5 Å². The van der Waals surface area contributed by atoms with Gasteiger partial charge in [0.1, 0.15) is 11.5 Å². The van der Waals surface area contributed by atoms with Gasteiger partial charge in [-0.15, -0.1) is 0 Å². The van der Waals surface area contributed by atoms with Crippen molar-refractivity contribution >= 4 is 11.8 Å². The van der Waals surface area contributed by atoms with Gasteiger partial charge in [0.15, 0.2) is 0 Å². The molecule has 0 saturated carbocycles. The molecule has 0 aromatic carbocycles. The molecule has 2 amide bonds. The SMILES string of the molecule is CCCCCCN(CCC(=O)NCCCN1CCOCC1)C(=O)c1cc(C)oc1C. The zero-order valence-electron chi connectivity index (χ0n) is 19.0. The average Bonchev–Trinajstić information content (AvgIpc) is 3.09. The lowest BCUT2D eigenvalue weighted by Crippen LogP contribution is -2.39. The number of morpholine rings is 1. The van der Waals surface area contributed by atoms with Crippen LogP contribution in [-0.4, -0.2) is 74.1 Å². The van der Waals surface area contributed by atoms with Crippen LogP contribution >= 0.6 is 0 Å². The molecule has 0 bridgehead atoms. The number of unbranched alkanes of at least 4 members (excludes halogenated alkanes) is 3. The molecule has 1 aliphatic heterocycles. The fourth-order valence-corrected chi connectivity index (χ4v) is 3.74. The van der Waals surface area contributed by atoms with Crippen molar-refractivity contribution in [2.45, 2.75) is 59.3 Å². The molecule has 1 fully saturated rings. The third-order valence-electron chi connectivity index (χ3n) is 5.53. The zero-order chi connectivity index (χ0) is 21.8. The monoisotopic (exact) mass is 421 g/mol. The van der Waals surface area contributed by atoms with Crippen molar-refractivity contribution in [2.24, 2.45) is 0 Å². The number of amides is 2. The number of carbonyl (C=O) groups excluding carboxylic acids is 2. The van der Waals surface area contributed by atoms with Crippen molar-refractivity contribution in [3.63, 3.8) is 0 Å². The third-order valence-corrected chi connectivity index (χ3v) is 5.53. The molecule has 0 unspecified atom stereocenters. The van der Waals surface area contributed by atoms with E-state index in [0.29, 0.717) is 37.4 Å². The molecule has 2 heterocycles. The Bertz CT molecular complexity index is 653. The van der Waals surface area contributed by atoms with Crippen molar-refractivity contribution < 1.29 is 18.7 Å². The number of rotatable bonds is 13. The fraction of sp³-hybridized carbons (Fsp3) is 0.739. The molecular weight excluding hydrogens is 382 g/mol. The van der Waals surface area contributed by atoms with E-state index in [2.05, 4.69) is 17.1 Å². The van der Waals surface area contributed by atoms with Crippen molar-refractivity contribution in [1.82, 2.24) is 15.1 Å². The maximum absolute atomic E-state index is 13.0. The Morgan fingerprint density at radius 3 is 2.53 bits per heavy atom. The van der Waals surface area contributed by atoms with Crippen LogP contribution in [0.5, 0.6) is 0 Å². The van der Waals surface area contributed by atoms with Crippen LogP contribution < -0.4 is 5.32 Å². The van der Waals surface area contributed by atoms with Crippen molar-refractivity contribution in [3.05, 3.63) is 23.2 Å². The van der Waals surface area contributed by atoms with E-state index >= 15 is 0 Å². The highest BCUT2D eigenvalue weighted by atomic mass is 16.5. The fourth-order valence-electron chi connectivity index (χ4n) is 3.74. The number of hydrogen-bond acceptors (Lipinski definition) is 5. The van der Waals surface area contributed by atoms with E-state index in [-0.39, 0.29) is 11.8 Å². The minimum absolute atomic E-state index is 0.00318. The number of nitrogens with one attached hydrogen (secondary N) is 1. The summed E-state index contributed by atoms with van der Waals surface area (Å²) in [6, 6.07) is 1.79. The molecule has 1 aromatic rings. The van der Waals surface area contributed by atoms with Gasteiger partial charge in [-0.3, -0.25) is 14.5 Å². The smallest absolute Gasteiger partial charge is 0.257 e. The van der Waals surface area contributed by atoms with Crippen LogP contribution in [-0.2, 0) is 9.53 Å². The number of aryl methyl sites for hydroxylation is 2. The number of nitrogens with zero attached hydrogens (tertiary/aromatic N) is 2. The number of carbonyl (C=O) groups is 2. The Morgan fingerprint density at radius 1 is 1.10 bits per heavy atom. The van der Waals surface area contributed by atoms with E-state index < -0.39 is 0 Å². The van der Waals surface area contributed by atoms with Crippen molar-refractivity contribution in [1.29, 1.82) is 0 Å². The second kappa shape index (κ2) is 13.4. The van der Waals surface area contributed by atoms with E-state index in [1.165, 1.54) is 0 Å². The van der Waals surface area contributed by atoms with Gasteiger partial charge in [0.05, 0.1) is 18.8 Å². The van der Waals surface area contributed by atoms with Gasteiger partial charge in [-0.25, -0.2) is 0 Å². The lowest BCUT2D eigenvalue weighted by atomic mass is 10.1. The lowest BCUT2D eigenvalue weighted by molar-refractivity contribution is -0.121. The summed E-state index contributed by atoms with van der Waals surface area (Å²) in [5.74, 6) is 1.34. The third kappa shape index (κ3) is 8.48. The summed E-state index contributed by atoms with van der Waals surface area (Å²) < 4.78 is 10.9. The van der Waals surface area contributed by atoms with Crippen LogP contribution in [0.4, 0.5) is 0 Å². The highest BCUT2D eigenvalue weighted by Crippen LogP contribution is 2.17. The van der Waals surface area contributed by atoms with Crippen molar-refractivity contribution in [3.8, 4) is 0 Å². The Kier molecular flexibility index (Phi) is 10.9. The largest absolute Gasteiger partial charge is 0.466 e. The standard InChI is InChI=1S/C23H39N3O4/c1-4-5-6-7-12-26(23(28)21-18-19(2)30-20(21)3)13-9-22(27)24-10-8-11-25-14-16-29-17-15-25/h18H,4-17H2,1-3H3,(H,24,27). The van der Waals surface area contributed by atoms with Gasteiger partial charge in [-0.05, 0) is 39.3 Å². The molecule has 0 atom stereocenters. The minimum Gasteiger partial charge on any atom is -0.466 e. The molecule has 0 radical (unpaired) electrons. The van der Waals surface area contributed by atoms with E-state index in [9.17, 15) is 9.59 Å². The van der Waals surface area contributed by atoms with Gasteiger partial charge in [0, 0.05) is 39.1 Å². The van der Waals surface area contributed by atoms with E-state index in [1.807, 2.05) is 13.8 Å². The van der Waals surface area contributed by atoms with Gasteiger partial charge in [0.25, 0.3) is 5.91 Å².